The summed E-state index contributed by atoms with van der Waals surface area (Å²) >= 11 is 0. The maximum absolute atomic E-state index is 12.7. The SMILES string of the molecule is CCNC(=O)c1cccc(NC(=O)C[NH+]2Cc3ccccc3C[C@@H]2C(=O)OC)c1. The molecule has 0 saturated heterocycles. The predicted molar refractivity (Wildman–Crippen MR) is 109 cm³/mol. The van der Waals surface area contributed by atoms with E-state index in [1.807, 2.05) is 31.2 Å². The van der Waals surface area contributed by atoms with Crippen molar-refractivity contribution in [3.63, 3.8) is 0 Å². The van der Waals surface area contributed by atoms with Crippen molar-refractivity contribution >= 4 is 23.5 Å². The highest BCUT2D eigenvalue weighted by molar-refractivity contribution is 5.97. The van der Waals surface area contributed by atoms with E-state index in [1.54, 1.807) is 24.3 Å². The lowest BCUT2D eigenvalue weighted by atomic mass is 9.94. The van der Waals surface area contributed by atoms with Crippen LogP contribution in [-0.2, 0) is 27.3 Å². The first-order valence-electron chi connectivity index (χ1n) is 9.69. The van der Waals surface area contributed by atoms with Crippen LogP contribution >= 0.6 is 0 Å². The molecule has 0 aliphatic carbocycles. The third-order valence-electron chi connectivity index (χ3n) is 5.07. The first kappa shape index (κ1) is 20.5. The zero-order valence-corrected chi connectivity index (χ0v) is 16.7. The first-order valence-corrected chi connectivity index (χ1v) is 9.69. The fourth-order valence-electron chi connectivity index (χ4n) is 3.65. The lowest BCUT2D eigenvalue weighted by molar-refractivity contribution is -0.924. The van der Waals surface area contributed by atoms with Crippen LogP contribution in [0.1, 0.15) is 28.4 Å². The molecule has 2 amide bonds. The number of amides is 2. The minimum Gasteiger partial charge on any atom is -0.465 e. The summed E-state index contributed by atoms with van der Waals surface area (Å²) in [6.45, 7) is 3.08. The van der Waals surface area contributed by atoms with Crippen LogP contribution in [-0.4, -0.2) is 44.0 Å². The smallest absolute Gasteiger partial charge is 0.365 e. The van der Waals surface area contributed by atoms with Gasteiger partial charge in [0.05, 0.1) is 7.11 Å². The molecule has 0 fully saturated rings. The fraction of sp³-hybridized carbons (Fsp3) is 0.318. The fourth-order valence-corrected chi connectivity index (χ4v) is 3.65. The number of carbonyl (C=O) groups excluding carboxylic acids is 3. The Bertz CT molecular complexity index is 912. The lowest BCUT2D eigenvalue weighted by Crippen LogP contribution is -3.17. The summed E-state index contributed by atoms with van der Waals surface area (Å²) in [5.74, 6) is -0.727. The van der Waals surface area contributed by atoms with Gasteiger partial charge in [-0.15, -0.1) is 0 Å². The third-order valence-corrected chi connectivity index (χ3v) is 5.07. The summed E-state index contributed by atoms with van der Waals surface area (Å²) in [6.07, 6.45) is 0.540. The second-order valence-electron chi connectivity index (χ2n) is 7.05. The second kappa shape index (κ2) is 9.34. The molecule has 7 nitrogen and oxygen atoms in total. The summed E-state index contributed by atoms with van der Waals surface area (Å²) in [6, 6.07) is 14.3. The van der Waals surface area contributed by atoms with E-state index in [1.165, 1.54) is 7.11 Å². The molecule has 0 radical (unpaired) electrons. The van der Waals surface area contributed by atoms with Crippen LogP contribution in [0.25, 0.3) is 0 Å². The average molecular weight is 396 g/mol. The molecule has 0 spiro atoms. The number of hydrogen-bond acceptors (Lipinski definition) is 4. The Labute approximate surface area is 170 Å². The van der Waals surface area contributed by atoms with Crippen LogP contribution < -0.4 is 15.5 Å². The number of methoxy groups -OCH3 is 1. The highest BCUT2D eigenvalue weighted by Gasteiger charge is 2.37. The number of carbonyl (C=O) groups is 3. The Morgan fingerprint density at radius 2 is 1.86 bits per heavy atom. The molecule has 1 aliphatic heterocycles. The van der Waals surface area contributed by atoms with Crippen molar-refractivity contribution < 1.29 is 24.0 Å². The maximum atomic E-state index is 12.7. The minimum absolute atomic E-state index is 0.124. The number of benzene rings is 2. The van der Waals surface area contributed by atoms with Gasteiger partial charge in [-0.2, -0.15) is 0 Å². The van der Waals surface area contributed by atoms with Gasteiger partial charge >= 0.3 is 5.97 Å². The van der Waals surface area contributed by atoms with Gasteiger partial charge in [0.1, 0.15) is 6.54 Å². The summed E-state index contributed by atoms with van der Waals surface area (Å²) < 4.78 is 4.96. The van der Waals surface area contributed by atoms with Crippen molar-refractivity contribution in [2.75, 3.05) is 25.5 Å². The third kappa shape index (κ3) is 5.00. The van der Waals surface area contributed by atoms with E-state index in [9.17, 15) is 14.4 Å². The molecule has 0 aromatic heterocycles. The standard InChI is InChI=1S/C22H25N3O4/c1-3-23-21(27)16-9-6-10-18(11-16)24-20(26)14-25-13-17-8-5-4-7-15(17)12-19(25)22(28)29-2/h4-11,19H,3,12-14H2,1-2H3,(H,23,27)(H,24,26)/p+1/t19-/m1/s1. The summed E-state index contributed by atoms with van der Waals surface area (Å²) in [4.78, 5) is 37.8. The molecule has 7 heteroatoms. The molecule has 3 N–H and O–H groups in total. The van der Waals surface area contributed by atoms with Gasteiger partial charge in [0.25, 0.3) is 11.8 Å². The molecular weight excluding hydrogens is 370 g/mol. The number of ether oxygens (including phenoxy) is 1. The quantitative estimate of drug-likeness (QED) is 0.623. The molecule has 0 saturated carbocycles. The topological polar surface area (TPSA) is 88.9 Å². The summed E-state index contributed by atoms with van der Waals surface area (Å²) in [7, 11) is 1.37. The largest absolute Gasteiger partial charge is 0.465 e. The van der Waals surface area contributed by atoms with Gasteiger partial charge in [0, 0.05) is 29.8 Å². The number of anilines is 1. The first-order chi connectivity index (χ1) is 14.0. The van der Waals surface area contributed by atoms with Crippen LogP contribution in [0, 0.1) is 0 Å². The minimum atomic E-state index is -0.428. The Balaban J connectivity index is 1.71. The van der Waals surface area contributed by atoms with Gasteiger partial charge in [0.15, 0.2) is 12.6 Å². The predicted octanol–water partition coefficient (Wildman–Crippen LogP) is 0.558. The number of rotatable bonds is 6. The maximum Gasteiger partial charge on any atom is 0.365 e. The van der Waals surface area contributed by atoms with E-state index in [0.717, 1.165) is 16.0 Å². The Hall–Kier alpha value is -3.19. The highest BCUT2D eigenvalue weighted by atomic mass is 16.5. The Kier molecular flexibility index (Phi) is 6.61. The van der Waals surface area contributed by atoms with Crippen molar-refractivity contribution in [3.8, 4) is 0 Å². The average Bonchev–Trinajstić information content (AvgIpc) is 2.73. The zero-order chi connectivity index (χ0) is 20.8. The number of quaternary nitrogens is 1. The van der Waals surface area contributed by atoms with E-state index in [0.29, 0.717) is 30.8 Å². The van der Waals surface area contributed by atoms with Crippen LogP contribution in [0.4, 0.5) is 5.69 Å². The van der Waals surface area contributed by atoms with Gasteiger partial charge < -0.3 is 20.3 Å². The molecule has 1 unspecified atom stereocenters. The molecule has 2 aromatic rings. The number of fused-ring (bicyclic) bond motifs is 1. The normalized spacial score (nSPS) is 17.7. The van der Waals surface area contributed by atoms with Gasteiger partial charge in [-0.3, -0.25) is 9.59 Å². The molecule has 2 atom stereocenters. The van der Waals surface area contributed by atoms with Gasteiger partial charge in [0.2, 0.25) is 0 Å². The number of hydrogen-bond donors (Lipinski definition) is 3. The molecule has 3 rings (SSSR count). The van der Waals surface area contributed by atoms with Crippen LogP contribution in [0.5, 0.6) is 0 Å². The van der Waals surface area contributed by atoms with Gasteiger partial charge in [-0.25, -0.2) is 4.79 Å². The van der Waals surface area contributed by atoms with E-state index in [2.05, 4.69) is 10.6 Å². The van der Waals surface area contributed by atoms with E-state index in [-0.39, 0.29) is 24.3 Å². The van der Waals surface area contributed by atoms with E-state index < -0.39 is 6.04 Å². The molecule has 2 aromatic carbocycles. The van der Waals surface area contributed by atoms with Crippen molar-refractivity contribution in [2.45, 2.75) is 25.9 Å². The Morgan fingerprint density at radius 1 is 1.10 bits per heavy atom. The van der Waals surface area contributed by atoms with Crippen molar-refractivity contribution in [1.82, 2.24) is 5.32 Å². The van der Waals surface area contributed by atoms with E-state index in [4.69, 9.17) is 4.74 Å². The number of nitrogens with one attached hydrogen (secondary N) is 3. The van der Waals surface area contributed by atoms with Gasteiger partial charge in [-0.05, 0) is 30.7 Å². The molecule has 29 heavy (non-hydrogen) atoms. The summed E-state index contributed by atoms with van der Waals surface area (Å²) in [5.41, 5.74) is 3.27. The molecular formula is C22H26N3O4+. The Morgan fingerprint density at radius 3 is 2.59 bits per heavy atom. The number of esters is 1. The molecule has 1 aliphatic rings. The zero-order valence-electron chi connectivity index (χ0n) is 16.7. The van der Waals surface area contributed by atoms with Gasteiger partial charge in [-0.1, -0.05) is 30.3 Å². The molecule has 0 bridgehead atoms. The summed E-state index contributed by atoms with van der Waals surface area (Å²) in [5, 5.41) is 5.57. The monoisotopic (exact) mass is 396 g/mol. The van der Waals surface area contributed by atoms with E-state index >= 15 is 0 Å². The van der Waals surface area contributed by atoms with Crippen molar-refractivity contribution in [3.05, 3.63) is 65.2 Å². The highest BCUT2D eigenvalue weighted by Crippen LogP contribution is 2.15. The van der Waals surface area contributed by atoms with Crippen LogP contribution in [0.15, 0.2) is 48.5 Å². The van der Waals surface area contributed by atoms with Crippen molar-refractivity contribution in [1.29, 1.82) is 0 Å². The second-order valence-corrected chi connectivity index (χ2v) is 7.05. The van der Waals surface area contributed by atoms with Crippen molar-refractivity contribution in [2.24, 2.45) is 0 Å². The lowest BCUT2D eigenvalue weighted by Gasteiger charge is -2.31. The van der Waals surface area contributed by atoms with Crippen LogP contribution in [0.3, 0.4) is 0 Å². The molecule has 1 heterocycles. The molecule has 152 valence electrons. The van der Waals surface area contributed by atoms with Crippen LogP contribution in [0.2, 0.25) is 0 Å².